The molecule has 0 aliphatic carbocycles. The molecule has 1 fully saturated rings. The monoisotopic (exact) mass is 480 g/mol. The van der Waals surface area contributed by atoms with Crippen molar-refractivity contribution in [2.75, 3.05) is 19.6 Å². The van der Waals surface area contributed by atoms with Crippen LogP contribution in [-0.4, -0.2) is 76.2 Å². The van der Waals surface area contributed by atoms with Gasteiger partial charge in [0.05, 0.1) is 6.04 Å². The van der Waals surface area contributed by atoms with Gasteiger partial charge in [0.25, 0.3) is 0 Å². The lowest BCUT2D eigenvalue weighted by Crippen LogP contribution is -2.64. The van der Waals surface area contributed by atoms with E-state index >= 15 is 0 Å². The van der Waals surface area contributed by atoms with Crippen molar-refractivity contribution in [1.82, 2.24) is 4.90 Å². The maximum absolute atomic E-state index is 12.6. The first kappa shape index (κ1) is 32.6. The zero-order valence-electron chi connectivity index (χ0n) is 16.0. The summed E-state index contributed by atoms with van der Waals surface area (Å²) < 4.78 is 0. The van der Waals surface area contributed by atoms with Gasteiger partial charge in [0, 0.05) is 19.6 Å². The summed E-state index contributed by atoms with van der Waals surface area (Å²) in [6, 6.07) is -0.815. The van der Waals surface area contributed by atoms with Crippen LogP contribution in [0.25, 0.3) is 0 Å². The smallest absolute Gasteiger partial charge is 0.451 e. The molecular formula is C14H32BCl3N6O5. The van der Waals surface area contributed by atoms with Crippen LogP contribution in [-0.2, 0) is 9.59 Å². The van der Waals surface area contributed by atoms with Gasteiger partial charge in [-0.25, -0.2) is 0 Å². The zero-order chi connectivity index (χ0) is 19.9. The highest BCUT2D eigenvalue weighted by atomic mass is 35.5. The van der Waals surface area contributed by atoms with E-state index in [2.05, 4.69) is 4.99 Å². The lowest BCUT2D eigenvalue weighted by atomic mass is 9.75. The number of nitrogens with two attached hydrogens (primary N) is 4. The van der Waals surface area contributed by atoms with E-state index in [0.29, 0.717) is 25.8 Å². The van der Waals surface area contributed by atoms with E-state index in [1.165, 1.54) is 4.90 Å². The fourth-order valence-electron chi connectivity index (χ4n) is 3.14. The molecule has 172 valence electrons. The fourth-order valence-corrected chi connectivity index (χ4v) is 3.14. The quantitative estimate of drug-likeness (QED) is 0.0848. The van der Waals surface area contributed by atoms with Crippen molar-refractivity contribution in [3.8, 4) is 0 Å². The van der Waals surface area contributed by atoms with Crippen molar-refractivity contribution in [1.29, 1.82) is 0 Å². The summed E-state index contributed by atoms with van der Waals surface area (Å²) in [5, 5.41) is 27.5. The average Bonchev–Trinajstić information content (AvgIpc) is 2.55. The summed E-state index contributed by atoms with van der Waals surface area (Å²) in [4.78, 5) is 29.3. The number of carboxylic acid groups (broad SMARTS) is 1. The molecule has 0 aromatic rings. The average molecular weight is 482 g/mol. The number of piperidine rings is 1. The van der Waals surface area contributed by atoms with E-state index < -0.39 is 24.7 Å². The molecule has 1 aliphatic heterocycles. The summed E-state index contributed by atoms with van der Waals surface area (Å²) in [7, 11) is -1.49. The van der Waals surface area contributed by atoms with Gasteiger partial charge >= 0.3 is 13.1 Å². The van der Waals surface area contributed by atoms with Gasteiger partial charge in [0.15, 0.2) is 5.96 Å². The Hall–Kier alpha value is -1.02. The van der Waals surface area contributed by atoms with Crippen LogP contribution in [0, 0.1) is 5.92 Å². The number of amides is 1. The van der Waals surface area contributed by atoms with Crippen LogP contribution in [0.15, 0.2) is 4.99 Å². The molecule has 1 amide bonds. The van der Waals surface area contributed by atoms with Gasteiger partial charge in [-0.3, -0.25) is 14.6 Å². The topological polar surface area (TPSA) is 215 Å². The molecule has 0 unspecified atom stereocenters. The first-order valence-electron chi connectivity index (χ1n) is 8.53. The van der Waals surface area contributed by atoms with E-state index in [-0.39, 0.29) is 80.8 Å². The number of nitrogens with zero attached hydrogens (tertiary/aromatic N) is 2. The van der Waals surface area contributed by atoms with Crippen molar-refractivity contribution < 1.29 is 24.7 Å². The third-order valence-corrected chi connectivity index (χ3v) is 4.46. The second-order valence-corrected chi connectivity index (χ2v) is 6.86. The first-order chi connectivity index (χ1) is 12.0. The van der Waals surface area contributed by atoms with Gasteiger partial charge in [-0.15, -0.1) is 37.2 Å². The number of aliphatic carboxylic acids is 1. The second-order valence-electron chi connectivity index (χ2n) is 6.86. The Morgan fingerprint density at radius 1 is 1.24 bits per heavy atom. The Bertz CT molecular complexity index is 544. The molecule has 29 heavy (non-hydrogen) atoms. The maximum atomic E-state index is 12.6. The van der Waals surface area contributed by atoms with E-state index in [9.17, 15) is 14.7 Å². The Labute approximate surface area is 189 Å². The lowest BCUT2D eigenvalue weighted by molar-refractivity contribution is -0.149. The number of hydrogen-bond donors (Lipinski definition) is 7. The number of carboxylic acids is 1. The van der Waals surface area contributed by atoms with Crippen molar-refractivity contribution in [3.05, 3.63) is 0 Å². The molecule has 1 heterocycles. The van der Waals surface area contributed by atoms with Gasteiger partial charge in [-0.05, 0) is 31.5 Å². The number of likely N-dealkylation sites (tertiary alicyclic amines) is 1. The number of halogens is 3. The number of carbonyl (C=O) groups excluding carboxylic acids is 1. The normalized spacial score (nSPS) is 21.5. The lowest BCUT2D eigenvalue weighted by Gasteiger charge is -2.42. The Kier molecular flexibility index (Phi) is 16.8. The van der Waals surface area contributed by atoms with E-state index in [1.807, 2.05) is 0 Å². The van der Waals surface area contributed by atoms with Gasteiger partial charge < -0.3 is 43.0 Å². The van der Waals surface area contributed by atoms with Crippen LogP contribution in [0.1, 0.15) is 25.7 Å². The van der Waals surface area contributed by atoms with Crippen molar-refractivity contribution >= 4 is 62.2 Å². The van der Waals surface area contributed by atoms with Crippen LogP contribution >= 0.6 is 37.2 Å². The molecule has 0 aromatic carbocycles. The van der Waals surface area contributed by atoms with Gasteiger partial charge in [0.1, 0.15) is 5.54 Å². The van der Waals surface area contributed by atoms with E-state index in [4.69, 9.17) is 33.0 Å². The Balaban J connectivity index is -0.00000225. The van der Waals surface area contributed by atoms with Crippen LogP contribution in [0.5, 0.6) is 0 Å². The highest BCUT2D eigenvalue weighted by Gasteiger charge is 2.44. The Morgan fingerprint density at radius 2 is 1.83 bits per heavy atom. The highest BCUT2D eigenvalue weighted by molar-refractivity contribution is 6.40. The fraction of sp³-hybridized carbons (Fsp3) is 0.786. The molecule has 0 spiro atoms. The number of rotatable bonds is 9. The van der Waals surface area contributed by atoms with E-state index in [1.54, 1.807) is 0 Å². The summed E-state index contributed by atoms with van der Waals surface area (Å²) >= 11 is 0. The van der Waals surface area contributed by atoms with Crippen LogP contribution < -0.4 is 22.9 Å². The molecule has 0 bridgehead atoms. The third kappa shape index (κ3) is 11.1. The number of hydrogen-bond acceptors (Lipinski definition) is 7. The Morgan fingerprint density at radius 3 is 2.31 bits per heavy atom. The standard InChI is InChI=1S/C14H29BN6O5.3ClH/c16-10(2-1-5-20-13(17)18)11(22)21-7-9(3-4-15(25)26)6-14(19,8-21)12(23)24;;;/h9-10,25-26H,1-8,16,19H2,(H,23,24)(H4,17,18,20);3*1H/t9-,10-,14+;;;/m0.../s1. The van der Waals surface area contributed by atoms with Crippen LogP contribution in [0.4, 0.5) is 0 Å². The third-order valence-electron chi connectivity index (χ3n) is 4.46. The van der Waals surface area contributed by atoms with Crippen LogP contribution in [0.3, 0.4) is 0 Å². The maximum Gasteiger partial charge on any atom is 0.451 e. The summed E-state index contributed by atoms with van der Waals surface area (Å²) in [6.07, 6.45) is 1.42. The molecule has 11 N–H and O–H groups in total. The minimum atomic E-state index is -1.59. The summed E-state index contributed by atoms with van der Waals surface area (Å²) in [5.74, 6) is -1.89. The minimum Gasteiger partial charge on any atom is -0.480 e. The van der Waals surface area contributed by atoms with Crippen molar-refractivity contribution in [3.63, 3.8) is 0 Å². The molecule has 0 saturated carbocycles. The minimum absolute atomic E-state index is 0. The molecule has 15 heteroatoms. The van der Waals surface area contributed by atoms with Gasteiger partial charge in [-0.2, -0.15) is 0 Å². The van der Waals surface area contributed by atoms with Crippen LogP contribution in [0.2, 0.25) is 6.32 Å². The predicted octanol–water partition coefficient (Wildman–Crippen LogP) is -1.87. The van der Waals surface area contributed by atoms with Crippen molar-refractivity contribution in [2.45, 2.75) is 43.6 Å². The number of carbonyl (C=O) groups is 2. The summed E-state index contributed by atoms with van der Waals surface area (Å²) in [5.41, 5.74) is 20.8. The number of guanidine groups is 1. The van der Waals surface area contributed by atoms with Gasteiger partial charge in [0.2, 0.25) is 5.91 Å². The molecule has 1 rings (SSSR count). The highest BCUT2D eigenvalue weighted by Crippen LogP contribution is 2.28. The zero-order valence-corrected chi connectivity index (χ0v) is 18.4. The van der Waals surface area contributed by atoms with Gasteiger partial charge in [-0.1, -0.05) is 6.42 Å². The molecule has 3 atom stereocenters. The largest absolute Gasteiger partial charge is 0.480 e. The molecule has 0 radical (unpaired) electrons. The molecule has 11 nitrogen and oxygen atoms in total. The molecule has 0 aromatic heterocycles. The first-order valence-corrected chi connectivity index (χ1v) is 8.53. The number of aliphatic imine (C=N–C) groups is 1. The molecule has 1 saturated heterocycles. The second kappa shape index (κ2) is 14.9. The van der Waals surface area contributed by atoms with Crippen molar-refractivity contribution in [2.24, 2.45) is 33.8 Å². The SMILES string of the molecule is Cl.Cl.Cl.NC(N)=NCCC[C@H](N)C(=O)N1C[C@@H](CCB(O)O)C[C@](N)(C(=O)O)C1. The predicted molar refractivity (Wildman–Crippen MR) is 118 cm³/mol. The summed E-state index contributed by atoms with van der Waals surface area (Å²) in [6.45, 7) is 0.483. The molecular weight excluding hydrogens is 449 g/mol. The molecule has 1 aliphatic rings. The van der Waals surface area contributed by atoms with E-state index in [0.717, 1.165) is 0 Å².